The molecule has 2 aromatic heterocycles. The zero-order chi connectivity index (χ0) is 16.4. The number of nitrogens with zero attached hydrogens (tertiary/aromatic N) is 2. The first-order chi connectivity index (χ1) is 11.1. The van der Waals surface area contributed by atoms with E-state index >= 15 is 0 Å². The van der Waals surface area contributed by atoms with Crippen molar-refractivity contribution in [3.8, 4) is 23.1 Å². The van der Waals surface area contributed by atoms with Crippen LogP contribution in [0.5, 0.6) is 11.5 Å². The molecule has 0 unspecified atom stereocenters. The van der Waals surface area contributed by atoms with Gasteiger partial charge in [0.05, 0.1) is 16.2 Å². The molecule has 0 spiro atoms. The molecule has 8 heteroatoms. The Morgan fingerprint density at radius 1 is 1.22 bits per heavy atom. The van der Waals surface area contributed by atoms with Gasteiger partial charge < -0.3 is 19.2 Å². The van der Waals surface area contributed by atoms with Gasteiger partial charge in [-0.05, 0) is 61.7 Å². The number of phenols is 1. The topological polar surface area (TPSA) is 84.2 Å². The fraction of sp³-hybridized carbons (Fsp3) is 0.0667. The predicted molar refractivity (Wildman–Crippen MR) is 93.1 cm³/mol. The molecule has 3 rings (SSSR count). The number of benzene rings is 1. The molecule has 0 saturated heterocycles. The third-order valence-electron chi connectivity index (χ3n) is 3.02. The fourth-order valence-electron chi connectivity index (χ4n) is 1.90. The number of halogens is 2. The Morgan fingerprint density at radius 3 is 2.74 bits per heavy atom. The number of aromatic hydroxyl groups is 1. The zero-order valence-electron chi connectivity index (χ0n) is 11.9. The number of aromatic amines is 1. The van der Waals surface area contributed by atoms with Gasteiger partial charge in [-0.2, -0.15) is 0 Å². The monoisotopic (exact) mass is 439 g/mol. The Morgan fingerprint density at radius 2 is 2.04 bits per heavy atom. The molecule has 118 valence electrons. The maximum absolute atomic E-state index is 9.57. The van der Waals surface area contributed by atoms with E-state index in [-0.39, 0.29) is 5.75 Å². The SMILES string of the molecule is COc1cc(/C=C/c2nnc(-c3cc(Br)c(Br)[nH]3)o2)ccc1O. The fourth-order valence-corrected chi connectivity index (χ4v) is 2.55. The quantitative estimate of drug-likeness (QED) is 0.625. The second-order valence-electron chi connectivity index (χ2n) is 4.56. The molecule has 2 heterocycles. The highest BCUT2D eigenvalue weighted by Crippen LogP contribution is 2.29. The summed E-state index contributed by atoms with van der Waals surface area (Å²) in [5.74, 6) is 1.25. The average Bonchev–Trinajstić information content (AvgIpc) is 3.14. The summed E-state index contributed by atoms with van der Waals surface area (Å²) >= 11 is 6.75. The molecule has 2 N–H and O–H groups in total. The molecule has 3 aromatic rings. The molecule has 0 aliphatic heterocycles. The van der Waals surface area contributed by atoms with Crippen molar-refractivity contribution >= 4 is 44.0 Å². The predicted octanol–water partition coefficient (Wildman–Crippen LogP) is 4.47. The van der Waals surface area contributed by atoms with Crippen LogP contribution in [0.25, 0.3) is 23.7 Å². The summed E-state index contributed by atoms with van der Waals surface area (Å²) in [7, 11) is 1.50. The molecule has 0 aliphatic carbocycles. The number of phenolic OH excluding ortho intramolecular Hbond substituents is 1. The van der Waals surface area contributed by atoms with E-state index in [1.165, 1.54) is 7.11 Å². The molecule has 0 aliphatic rings. The minimum atomic E-state index is 0.0904. The second kappa shape index (κ2) is 6.59. The van der Waals surface area contributed by atoms with Gasteiger partial charge in [-0.3, -0.25) is 0 Å². The molecule has 6 nitrogen and oxygen atoms in total. The Labute approximate surface area is 148 Å². The summed E-state index contributed by atoms with van der Waals surface area (Å²) < 4.78 is 12.3. The van der Waals surface area contributed by atoms with Crippen LogP contribution in [0.2, 0.25) is 0 Å². The van der Waals surface area contributed by atoms with E-state index in [0.717, 1.165) is 14.6 Å². The smallest absolute Gasteiger partial charge is 0.264 e. The first-order valence-corrected chi connectivity index (χ1v) is 8.08. The molecular formula is C15H11Br2N3O3. The van der Waals surface area contributed by atoms with Crippen LogP contribution in [0, 0.1) is 0 Å². The van der Waals surface area contributed by atoms with Gasteiger partial charge in [0.1, 0.15) is 5.69 Å². The molecular weight excluding hydrogens is 430 g/mol. The van der Waals surface area contributed by atoms with Crippen LogP contribution in [0.1, 0.15) is 11.5 Å². The lowest BCUT2D eigenvalue weighted by Crippen LogP contribution is -1.84. The first kappa shape index (κ1) is 15.8. The standard InChI is InChI=1S/C15H11Br2N3O3/c1-22-12-6-8(2-4-11(12)21)3-5-13-19-20-15(23-13)10-7-9(16)14(17)18-10/h2-7,18,21H,1H3/b5-3+. The van der Waals surface area contributed by atoms with Crippen molar-refractivity contribution in [2.24, 2.45) is 0 Å². The van der Waals surface area contributed by atoms with Gasteiger partial charge in [0.25, 0.3) is 5.89 Å². The minimum Gasteiger partial charge on any atom is -0.504 e. The Hall–Kier alpha value is -2.06. The summed E-state index contributed by atoms with van der Waals surface area (Å²) in [6.07, 6.45) is 3.48. The number of hydrogen-bond acceptors (Lipinski definition) is 5. The first-order valence-electron chi connectivity index (χ1n) is 6.50. The van der Waals surface area contributed by atoms with E-state index < -0.39 is 0 Å². The number of nitrogens with one attached hydrogen (secondary N) is 1. The third kappa shape index (κ3) is 3.48. The number of rotatable bonds is 4. The molecule has 23 heavy (non-hydrogen) atoms. The van der Waals surface area contributed by atoms with Crippen LogP contribution < -0.4 is 4.74 Å². The van der Waals surface area contributed by atoms with Crippen molar-refractivity contribution in [2.75, 3.05) is 7.11 Å². The normalized spacial score (nSPS) is 11.3. The van der Waals surface area contributed by atoms with Crippen molar-refractivity contribution in [3.63, 3.8) is 0 Å². The average molecular weight is 441 g/mol. The van der Waals surface area contributed by atoms with Crippen molar-refractivity contribution in [3.05, 3.63) is 44.8 Å². The van der Waals surface area contributed by atoms with E-state index in [2.05, 4.69) is 47.0 Å². The molecule has 1 aromatic carbocycles. The van der Waals surface area contributed by atoms with E-state index in [4.69, 9.17) is 9.15 Å². The second-order valence-corrected chi connectivity index (χ2v) is 6.20. The molecule has 0 radical (unpaired) electrons. The zero-order valence-corrected chi connectivity index (χ0v) is 15.1. The van der Waals surface area contributed by atoms with E-state index in [9.17, 15) is 5.11 Å². The van der Waals surface area contributed by atoms with Crippen molar-refractivity contribution in [1.29, 1.82) is 0 Å². The van der Waals surface area contributed by atoms with Gasteiger partial charge in [0.15, 0.2) is 11.5 Å². The van der Waals surface area contributed by atoms with Gasteiger partial charge in [-0.25, -0.2) is 0 Å². The van der Waals surface area contributed by atoms with Crippen LogP contribution in [-0.4, -0.2) is 27.4 Å². The van der Waals surface area contributed by atoms with E-state index in [0.29, 0.717) is 23.2 Å². The maximum Gasteiger partial charge on any atom is 0.264 e. The van der Waals surface area contributed by atoms with Crippen molar-refractivity contribution in [1.82, 2.24) is 15.2 Å². The van der Waals surface area contributed by atoms with Gasteiger partial charge in [-0.1, -0.05) is 6.07 Å². The van der Waals surface area contributed by atoms with E-state index in [1.54, 1.807) is 30.4 Å². The van der Waals surface area contributed by atoms with Gasteiger partial charge in [-0.15, -0.1) is 10.2 Å². The highest BCUT2D eigenvalue weighted by atomic mass is 79.9. The molecule has 0 amide bonds. The summed E-state index contributed by atoms with van der Waals surface area (Å²) in [5.41, 5.74) is 1.55. The number of ether oxygens (including phenoxy) is 1. The lowest BCUT2D eigenvalue weighted by molar-refractivity contribution is 0.373. The van der Waals surface area contributed by atoms with E-state index in [1.807, 2.05) is 6.07 Å². The molecule has 0 bridgehead atoms. The Bertz CT molecular complexity index is 851. The Balaban J connectivity index is 1.81. The highest BCUT2D eigenvalue weighted by Gasteiger charge is 2.11. The van der Waals surface area contributed by atoms with Crippen LogP contribution in [0.4, 0.5) is 0 Å². The van der Waals surface area contributed by atoms with Gasteiger partial charge >= 0.3 is 0 Å². The molecule has 0 fully saturated rings. The Kier molecular flexibility index (Phi) is 4.53. The van der Waals surface area contributed by atoms with Crippen LogP contribution in [0.3, 0.4) is 0 Å². The van der Waals surface area contributed by atoms with Crippen LogP contribution in [0.15, 0.2) is 37.8 Å². The van der Waals surface area contributed by atoms with Crippen molar-refractivity contribution in [2.45, 2.75) is 0 Å². The van der Waals surface area contributed by atoms with Gasteiger partial charge in [0, 0.05) is 6.08 Å². The third-order valence-corrected chi connectivity index (χ3v) is 4.80. The summed E-state index contributed by atoms with van der Waals surface area (Å²) in [6.45, 7) is 0. The van der Waals surface area contributed by atoms with Gasteiger partial charge in [0.2, 0.25) is 5.89 Å². The largest absolute Gasteiger partial charge is 0.504 e. The van der Waals surface area contributed by atoms with Crippen molar-refractivity contribution < 1.29 is 14.3 Å². The molecule has 0 atom stereocenters. The number of methoxy groups -OCH3 is 1. The minimum absolute atomic E-state index is 0.0904. The lowest BCUT2D eigenvalue weighted by atomic mass is 10.2. The highest BCUT2D eigenvalue weighted by molar-refractivity contribution is 9.13. The maximum atomic E-state index is 9.57. The number of hydrogen-bond donors (Lipinski definition) is 2. The number of H-pyrrole nitrogens is 1. The summed E-state index contributed by atoms with van der Waals surface area (Å²) in [6, 6.07) is 6.87. The summed E-state index contributed by atoms with van der Waals surface area (Å²) in [5, 5.41) is 17.5. The lowest BCUT2D eigenvalue weighted by Gasteiger charge is -2.03. The summed E-state index contributed by atoms with van der Waals surface area (Å²) in [4.78, 5) is 3.07. The number of aromatic nitrogens is 3. The molecule has 0 saturated carbocycles. The van der Waals surface area contributed by atoms with Crippen LogP contribution >= 0.6 is 31.9 Å². The van der Waals surface area contributed by atoms with Crippen LogP contribution in [-0.2, 0) is 0 Å².